The van der Waals surface area contributed by atoms with Gasteiger partial charge in [0.2, 0.25) is 0 Å². The van der Waals surface area contributed by atoms with Crippen molar-refractivity contribution in [3.63, 3.8) is 0 Å². The van der Waals surface area contributed by atoms with Crippen LogP contribution in [0.1, 0.15) is 40.6 Å². The molecule has 1 aliphatic carbocycles. The van der Waals surface area contributed by atoms with E-state index in [-0.39, 0.29) is 5.91 Å². The fourth-order valence-corrected chi connectivity index (χ4v) is 2.53. The van der Waals surface area contributed by atoms with E-state index in [1.807, 2.05) is 25.4 Å². The number of aromatic nitrogens is 4. The predicted octanol–water partition coefficient (Wildman–Crippen LogP) is 2.28. The van der Waals surface area contributed by atoms with Crippen LogP contribution >= 0.6 is 0 Å². The minimum absolute atomic E-state index is 0.231. The van der Waals surface area contributed by atoms with E-state index in [9.17, 15) is 4.79 Å². The molecule has 1 aliphatic rings. The van der Waals surface area contributed by atoms with Gasteiger partial charge in [0.25, 0.3) is 5.91 Å². The third kappa shape index (κ3) is 3.05. The van der Waals surface area contributed by atoms with Crippen LogP contribution in [0.3, 0.4) is 0 Å². The maximum atomic E-state index is 12.2. The molecule has 0 aromatic carbocycles. The summed E-state index contributed by atoms with van der Waals surface area (Å²) in [6, 6.07) is 5.55. The lowest BCUT2D eigenvalue weighted by molar-refractivity contribution is 0.0941. The van der Waals surface area contributed by atoms with Crippen LogP contribution in [0.5, 0.6) is 0 Å². The first-order valence-corrected chi connectivity index (χ1v) is 7.88. The quantitative estimate of drug-likeness (QED) is 0.778. The molecule has 122 valence electrons. The van der Waals surface area contributed by atoms with Crippen LogP contribution in [0.4, 0.5) is 0 Å². The molecule has 7 nitrogen and oxygen atoms in total. The van der Waals surface area contributed by atoms with Crippen molar-refractivity contribution in [3.8, 4) is 11.3 Å². The molecule has 4 rings (SSSR count). The van der Waals surface area contributed by atoms with Gasteiger partial charge in [-0.2, -0.15) is 5.10 Å². The van der Waals surface area contributed by atoms with Gasteiger partial charge in [-0.05, 0) is 30.5 Å². The van der Waals surface area contributed by atoms with Crippen LogP contribution < -0.4 is 5.32 Å². The number of hydrogen-bond acceptors (Lipinski definition) is 5. The Morgan fingerprint density at radius 1 is 1.42 bits per heavy atom. The van der Waals surface area contributed by atoms with Gasteiger partial charge in [-0.15, -0.1) is 0 Å². The fourth-order valence-electron chi connectivity index (χ4n) is 2.53. The van der Waals surface area contributed by atoms with Crippen LogP contribution in [0.15, 0.2) is 41.3 Å². The lowest BCUT2D eigenvalue weighted by atomic mass is 10.1. The molecular formula is C17H17N5O2. The zero-order valence-corrected chi connectivity index (χ0v) is 13.3. The van der Waals surface area contributed by atoms with Crippen molar-refractivity contribution in [2.45, 2.75) is 25.3 Å². The molecule has 1 saturated carbocycles. The van der Waals surface area contributed by atoms with Crippen LogP contribution in [0.25, 0.3) is 11.3 Å². The molecule has 3 aromatic heterocycles. The van der Waals surface area contributed by atoms with Gasteiger partial charge in [0.1, 0.15) is 5.76 Å². The topological polar surface area (TPSA) is 85.8 Å². The highest BCUT2D eigenvalue weighted by molar-refractivity contribution is 5.92. The zero-order chi connectivity index (χ0) is 16.5. The molecule has 1 amide bonds. The molecule has 0 aliphatic heterocycles. The molecule has 0 radical (unpaired) electrons. The lowest BCUT2D eigenvalue weighted by Crippen LogP contribution is -2.23. The molecule has 24 heavy (non-hydrogen) atoms. The van der Waals surface area contributed by atoms with Gasteiger partial charge in [0.05, 0.1) is 11.9 Å². The predicted molar refractivity (Wildman–Crippen MR) is 86.1 cm³/mol. The van der Waals surface area contributed by atoms with E-state index in [1.165, 1.54) is 0 Å². The Balaban J connectivity index is 1.42. The first-order chi connectivity index (χ1) is 11.7. The van der Waals surface area contributed by atoms with Crippen molar-refractivity contribution in [1.29, 1.82) is 0 Å². The van der Waals surface area contributed by atoms with E-state index in [4.69, 9.17) is 4.52 Å². The molecule has 7 heteroatoms. The highest BCUT2D eigenvalue weighted by atomic mass is 16.5. The van der Waals surface area contributed by atoms with Gasteiger partial charge in [0.15, 0.2) is 5.69 Å². The summed E-state index contributed by atoms with van der Waals surface area (Å²) in [4.78, 5) is 16.5. The Morgan fingerprint density at radius 3 is 3.04 bits per heavy atom. The normalized spacial score (nSPS) is 13.9. The Bertz CT molecular complexity index is 879. The standard InChI is InChI=1S/C17H17N5O2/c1-22-10-13(9-20-22)14-6-11(4-5-18-14)8-19-17(23)15-7-16(24-21-15)12-2-3-12/h4-7,9-10,12H,2-3,8H2,1H3,(H,19,23). The highest BCUT2D eigenvalue weighted by Crippen LogP contribution is 2.40. The number of amides is 1. The molecule has 0 atom stereocenters. The average molecular weight is 323 g/mol. The first kappa shape index (κ1) is 14.6. The van der Waals surface area contributed by atoms with E-state index < -0.39 is 0 Å². The number of carbonyl (C=O) groups excluding carboxylic acids is 1. The minimum atomic E-state index is -0.231. The van der Waals surface area contributed by atoms with Crippen LogP contribution in [-0.4, -0.2) is 25.8 Å². The summed E-state index contributed by atoms with van der Waals surface area (Å²) in [6.45, 7) is 0.403. The molecule has 1 fully saturated rings. The second kappa shape index (κ2) is 5.92. The lowest BCUT2D eigenvalue weighted by Gasteiger charge is -2.04. The molecular weight excluding hydrogens is 306 g/mol. The fraction of sp³-hybridized carbons (Fsp3) is 0.294. The summed E-state index contributed by atoms with van der Waals surface area (Å²) in [6.07, 6.45) is 7.62. The Labute approximate surface area is 138 Å². The van der Waals surface area contributed by atoms with Crippen molar-refractivity contribution >= 4 is 5.91 Å². The van der Waals surface area contributed by atoms with Crippen LogP contribution in [-0.2, 0) is 13.6 Å². The van der Waals surface area contributed by atoms with Crippen molar-refractivity contribution in [1.82, 2.24) is 25.2 Å². The van der Waals surface area contributed by atoms with Gasteiger partial charge in [-0.1, -0.05) is 5.16 Å². The zero-order valence-electron chi connectivity index (χ0n) is 13.3. The van der Waals surface area contributed by atoms with Crippen molar-refractivity contribution < 1.29 is 9.32 Å². The molecule has 3 heterocycles. The Kier molecular flexibility index (Phi) is 3.60. The summed E-state index contributed by atoms with van der Waals surface area (Å²) in [7, 11) is 1.86. The maximum Gasteiger partial charge on any atom is 0.273 e. The third-order valence-corrected chi connectivity index (χ3v) is 4.02. The summed E-state index contributed by atoms with van der Waals surface area (Å²) >= 11 is 0. The van der Waals surface area contributed by atoms with Crippen molar-refractivity contribution in [3.05, 3.63) is 53.8 Å². The van der Waals surface area contributed by atoms with Gasteiger partial charge in [0, 0.05) is 43.5 Å². The summed E-state index contributed by atoms with van der Waals surface area (Å²) in [5, 5.41) is 10.9. The second-order valence-electron chi connectivity index (χ2n) is 6.02. The minimum Gasteiger partial charge on any atom is -0.360 e. The molecule has 0 bridgehead atoms. The number of rotatable bonds is 5. The van der Waals surface area contributed by atoms with E-state index in [2.05, 4.69) is 20.6 Å². The van der Waals surface area contributed by atoms with E-state index in [0.717, 1.165) is 35.4 Å². The number of carbonyl (C=O) groups is 1. The van der Waals surface area contributed by atoms with Gasteiger partial charge < -0.3 is 9.84 Å². The smallest absolute Gasteiger partial charge is 0.273 e. The Hall–Kier alpha value is -2.96. The number of aryl methyl sites for hydroxylation is 1. The second-order valence-corrected chi connectivity index (χ2v) is 6.02. The van der Waals surface area contributed by atoms with E-state index in [0.29, 0.717) is 18.2 Å². The number of nitrogens with one attached hydrogen (secondary N) is 1. The molecule has 0 unspecified atom stereocenters. The highest BCUT2D eigenvalue weighted by Gasteiger charge is 2.28. The van der Waals surface area contributed by atoms with Gasteiger partial charge in [-0.25, -0.2) is 0 Å². The van der Waals surface area contributed by atoms with E-state index >= 15 is 0 Å². The van der Waals surface area contributed by atoms with Crippen molar-refractivity contribution in [2.24, 2.45) is 7.05 Å². The van der Waals surface area contributed by atoms with Gasteiger partial charge >= 0.3 is 0 Å². The number of nitrogens with zero attached hydrogens (tertiary/aromatic N) is 4. The first-order valence-electron chi connectivity index (χ1n) is 7.88. The number of hydrogen-bond donors (Lipinski definition) is 1. The van der Waals surface area contributed by atoms with Gasteiger partial charge in [-0.3, -0.25) is 14.5 Å². The SMILES string of the molecule is Cn1cc(-c2cc(CNC(=O)c3cc(C4CC4)on3)ccn2)cn1. The van der Waals surface area contributed by atoms with E-state index in [1.54, 1.807) is 23.1 Å². The Morgan fingerprint density at radius 2 is 2.29 bits per heavy atom. The van der Waals surface area contributed by atoms with Crippen LogP contribution in [0, 0.1) is 0 Å². The molecule has 0 spiro atoms. The maximum absolute atomic E-state index is 12.2. The largest absolute Gasteiger partial charge is 0.360 e. The summed E-state index contributed by atoms with van der Waals surface area (Å²) in [5.41, 5.74) is 3.06. The molecule has 1 N–H and O–H groups in total. The van der Waals surface area contributed by atoms with Crippen molar-refractivity contribution in [2.75, 3.05) is 0 Å². The van der Waals surface area contributed by atoms with Crippen LogP contribution in [0.2, 0.25) is 0 Å². The number of pyridine rings is 1. The molecule has 0 saturated heterocycles. The summed E-state index contributed by atoms with van der Waals surface area (Å²) in [5.74, 6) is 1.02. The average Bonchev–Trinajstić information content (AvgIpc) is 3.16. The third-order valence-electron chi connectivity index (χ3n) is 4.02. The summed E-state index contributed by atoms with van der Waals surface area (Å²) < 4.78 is 6.94. The monoisotopic (exact) mass is 323 g/mol. The molecule has 3 aromatic rings.